The molecule has 0 spiro atoms. The van der Waals surface area contributed by atoms with Crippen LogP contribution in [0, 0.1) is 0 Å². The SMILES string of the molecule is CC(C)NC(=O)CNC(=O)C[C@@H](NC(N)=O)c1cccc(Oc2ccccc2)c1. The van der Waals surface area contributed by atoms with E-state index in [0.717, 1.165) is 0 Å². The Bertz CT molecular complexity index is 840. The van der Waals surface area contributed by atoms with Crippen LogP contribution >= 0.6 is 0 Å². The highest BCUT2D eigenvalue weighted by atomic mass is 16.5. The minimum Gasteiger partial charge on any atom is -0.457 e. The molecule has 4 amide bonds. The normalized spacial score (nSPS) is 11.4. The van der Waals surface area contributed by atoms with E-state index >= 15 is 0 Å². The molecule has 1 atom stereocenters. The molecule has 0 aliphatic rings. The molecule has 8 nitrogen and oxygen atoms in total. The van der Waals surface area contributed by atoms with E-state index < -0.39 is 18.0 Å². The summed E-state index contributed by atoms with van der Waals surface area (Å²) in [4.78, 5) is 35.3. The number of carbonyl (C=O) groups is 3. The Morgan fingerprint density at radius 1 is 0.931 bits per heavy atom. The predicted molar refractivity (Wildman–Crippen MR) is 109 cm³/mol. The number of nitrogens with one attached hydrogen (secondary N) is 3. The fraction of sp³-hybridized carbons (Fsp3) is 0.286. The number of ether oxygens (including phenoxy) is 1. The molecule has 154 valence electrons. The Morgan fingerprint density at radius 2 is 1.62 bits per heavy atom. The molecule has 2 aromatic carbocycles. The summed E-state index contributed by atoms with van der Waals surface area (Å²) in [5.74, 6) is 0.544. The maximum absolute atomic E-state index is 12.3. The monoisotopic (exact) mass is 398 g/mol. The Balaban J connectivity index is 2.05. The summed E-state index contributed by atoms with van der Waals surface area (Å²) in [6.45, 7) is 3.52. The fourth-order valence-corrected chi connectivity index (χ4v) is 2.65. The van der Waals surface area contributed by atoms with E-state index in [1.165, 1.54) is 0 Å². The first-order chi connectivity index (χ1) is 13.8. The second kappa shape index (κ2) is 10.7. The minimum atomic E-state index is -0.755. The number of hydrogen-bond acceptors (Lipinski definition) is 4. The lowest BCUT2D eigenvalue weighted by Crippen LogP contribution is -2.41. The van der Waals surface area contributed by atoms with Crippen molar-refractivity contribution in [1.82, 2.24) is 16.0 Å². The lowest BCUT2D eigenvalue weighted by molar-refractivity contribution is -0.126. The Kier molecular flexibility index (Phi) is 8.02. The number of hydrogen-bond donors (Lipinski definition) is 4. The number of rotatable bonds is 9. The van der Waals surface area contributed by atoms with Gasteiger partial charge in [0.2, 0.25) is 11.8 Å². The van der Waals surface area contributed by atoms with Gasteiger partial charge in [-0.3, -0.25) is 9.59 Å². The first kappa shape index (κ1) is 21.7. The second-order valence-electron chi connectivity index (χ2n) is 6.75. The summed E-state index contributed by atoms with van der Waals surface area (Å²) in [7, 11) is 0. The van der Waals surface area contributed by atoms with Crippen LogP contribution in [0.2, 0.25) is 0 Å². The average Bonchev–Trinajstić information content (AvgIpc) is 2.66. The third-order valence-corrected chi connectivity index (χ3v) is 3.84. The molecule has 2 rings (SSSR count). The second-order valence-corrected chi connectivity index (χ2v) is 6.75. The highest BCUT2D eigenvalue weighted by Crippen LogP contribution is 2.25. The van der Waals surface area contributed by atoms with E-state index in [9.17, 15) is 14.4 Å². The van der Waals surface area contributed by atoms with Crippen LogP contribution < -0.4 is 26.4 Å². The number of para-hydroxylation sites is 1. The molecule has 0 fully saturated rings. The van der Waals surface area contributed by atoms with Crippen LogP contribution in [0.1, 0.15) is 31.9 Å². The molecular formula is C21H26N4O4. The molecule has 0 saturated heterocycles. The Labute approximate surface area is 169 Å². The fourth-order valence-electron chi connectivity index (χ4n) is 2.65. The molecule has 0 saturated carbocycles. The quantitative estimate of drug-likeness (QED) is 0.517. The van der Waals surface area contributed by atoms with E-state index in [1.807, 2.05) is 44.2 Å². The van der Waals surface area contributed by atoms with Crippen molar-refractivity contribution in [3.8, 4) is 11.5 Å². The molecule has 0 aliphatic carbocycles. The zero-order valence-electron chi connectivity index (χ0n) is 16.5. The molecule has 8 heteroatoms. The molecule has 0 radical (unpaired) electrons. The number of benzene rings is 2. The average molecular weight is 398 g/mol. The van der Waals surface area contributed by atoms with E-state index in [0.29, 0.717) is 17.1 Å². The maximum atomic E-state index is 12.3. The zero-order valence-corrected chi connectivity index (χ0v) is 16.5. The van der Waals surface area contributed by atoms with Crippen molar-refractivity contribution in [2.24, 2.45) is 5.73 Å². The van der Waals surface area contributed by atoms with Crippen LogP contribution in [-0.2, 0) is 9.59 Å². The molecular weight excluding hydrogens is 372 g/mol. The summed E-state index contributed by atoms with van der Waals surface area (Å²) in [5, 5.41) is 7.79. The number of amides is 4. The van der Waals surface area contributed by atoms with Gasteiger partial charge in [0, 0.05) is 6.04 Å². The lowest BCUT2D eigenvalue weighted by atomic mass is 10.0. The van der Waals surface area contributed by atoms with Crippen molar-refractivity contribution >= 4 is 17.8 Å². The summed E-state index contributed by atoms with van der Waals surface area (Å²) in [6, 6.07) is 14.8. The van der Waals surface area contributed by atoms with Crippen molar-refractivity contribution < 1.29 is 19.1 Å². The topological polar surface area (TPSA) is 123 Å². The van der Waals surface area contributed by atoms with Gasteiger partial charge in [0.25, 0.3) is 0 Å². The van der Waals surface area contributed by atoms with Gasteiger partial charge in [-0.15, -0.1) is 0 Å². The van der Waals surface area contributed by atoms with Gasteiger partial charge in [0.15, 0.2) is 0 Å². The zero-order chi connectivity index (χ0) is 21.2. The van der Waals surface area contributed by atoms with Gasteiger partial charge in [0.1, 0.15) is 11.5 Å². The summed E-state index contributed by atoms with van der Waals surface area (Å²) in [5.41, 5.74) is 5.92. The minimum absolute atomic E-state index is 0.0176. The smallest absolute Gasteiger partial charge is 0.312 e. The lowest BCUT2D eigenvalue weighted by Gasteiger charge is -2.19. The van der Waals surface area contributed by atoms with E-state index in [-0.39, 0.29) is 24.9 Å². The third-order valence-electron chi connectivity index (χ3n) is 3.84. The van der Waals surface area contributed by atoms with Gasteiger partial charge >= 0.3 is 6.03 Å². The van der Waals surface area contributed by atoms with Crippen molar-refractivity contribution in [2.75, 3.05) is 6.54 Å². The first-order valence-electron chi connectivity index (χ1n) is 9.28. The van der Waals surface area contributed by atoms with Crippen LogP contribution in [0.15, 0.2) is 54.6 Å². The molecule has 0 bridgehead atoms. The molecule has 0 unspecified atom stereocenters. The Morgan fingerprint density at radius 3 is 2.28 bits per heavy atom. The van der Waals surface area contributed by atoms with Gasteiger partial charge in [-0.05, 0) is 43.7 Å². The van der Waals surface area contributed by atoms with Crippen molar-refractivity contribution in [3.63, 3.8) is 0 Å². The van der Waals surface area contributed by atoms with Gasteiger partial charge in [-0.2, -0.15) is 0 Å². The molecule has 2 aromatic rings. The van der Waals surface area contributed by atoms with Gasteiger partial charge in [0.05, 0.1) is 19.0 Å². The third kappa shape index (κ3) is 7.92. The maximum Gasteiger partial charge on any atom is 0.312 e. The molecule has 0 aliphatic heterocycles. The molecule has 0 aromatic heterocycles. The van der Waals surface area contributed by atoms with Crippen molar-refractivity contribution in [1.29, 1.82) is 0 Å². The van der Waals surface area contributed by atoms with Crippen LogP contribution in [-0.4, -0.2) is 30.4 Å². The predicted octanol–water partition coefficient (Wildman–Crippen LogP) is 2.22. The molecule has 5 N–H and O–H groups in total. The van der Waals surface area contributed by atoms with E-state index in [4.69, 9.17) is 10.5 Å². The Hall–Kier alpha value is -3.55. The standard InChI is InChI=1S/C21H26N4O4/c1-14(2)24-20(27)13-23-19(26)12-18(25-21(22)28)15-7-6-10-17(11-15)29-16-8-4-3-5-9-16/h3-11,14,18H,12-13H2,1-2H3,(H,23,26)(H,24,27)(H3,22,25,28)/t18-/m1/s1. The van der Waals surface area contributed by atoms with Crippen LogP contribution in [0.4, 0.5) is 4.79 Å². The molecule has 29 heavy (non-hydrogen) atoms. The van der Waals surface area contributed by atoms with E-state index in [2.05, 4.69) is 16.0 Å². The number of primary amides is 1. The van der Waals surface area contributed by atoms with Crippen molar-refractivity contribution in [3.05, 3.63) is 60.2 Å². The highest BCUT2D eigenvalue weighted by molar-refractivity contribution is 5.85. The first-order valence-corrected chi connectivity index (χ1v) is 9.28. The molecule has 0 heterocycles. The van der Waals surface area contributed by atoms with E-state index in [1.54, 1.807) is 24.3 Å². The summed E-state index contributed by atoms with van der Waals surface area (Å²) in [6.07, 6.45) is -0.0767. The number of carbonyl (C=O) groups excluding carboxylic acids is 3. The highest BCUT2D eigenvalue weighted by Gasteiger charge is 2.19. The van der Waals surface area contributed by atoms with Gasteiger partial charge < -0.3 is 26.4 Å². The largest absolute Gasteiger partial charge is 0.457 e. The summed E-state index contributed by atoms with van der Waals surface area (Å²) >= 11 is 0. The van der Waals surface area contributed by atoms with Gasteiger partial charge in [-0.1, -0.05) is 30.3 Å². The van der Waals surface area contributed by atoms with Crippen LogP contribution in [0.3, 0.4) is 0 Å². The summed E-state index contributed by atoms with van der Waals surface area (Å²) < 4.78 is 5.80. The number of urea groups is 1. The van der Waals surface area contributed by atoms with Gasteiger partial charge in [-0.25, -0.2) is 4.79 Å². The van der Waals surface area contributed by atoms with Crippen LogP contribution in [0.25, 0.3) is 0 Å². The number of nitrogens with two attached hydrogens (primary N) is 1. The van der Waals surface area contributed by atoms with Crippen molar-refractivity contribution in [2.45, 2.75) is 32.4 Å². The van der Waals surface area contributed by atoms with Crippen LogP contribution in [0.5, 0.6) is 11.5 Å².